The van der Waals surface area contributed by atoms with E-state index in [1.54, 1.807) is 62.3 Å². The molecule has 28 heavy (non-hydrogen) atoms. The van der Waals surface area contributed by atoms with Crippen molar-refractivity contribution in [3.05, 3.63) is 0 Å². The van der Waals surface area contributed by atoms with Gasteiger partial charge in [-0.1, -0.05) is 0 Å². The standard InChI is InChI=1S/C20H35NO7/c1-18(2,3)15(23)26-13-11-10-12-14(22)21(16(24)27-19(4,5)6)17(25)28-20(7,8)9/h10-13H2,1-9H3. The van der Waals surface area contributed by atoms with Crippen LogP contribution >= 0.6 is 0 Å². The molecule has 0 spiro atoms. The SMILES string of the molecule is CC(C)(C)OC(=O)N(C(=O)CCCCOC(=O)C(C)(C)C)C(=O)OC(C)(C)C. The summed E-state index contributed by atoms with van der Waals surface area (Å²) in [6.07, 6.45) is -1.50. The summed E-state index contributed by atoms with van der Waals surface area (Å²) in [5.74, 6) is -1.06. The molecule has 0 saturated carbocycles. The number of imide groups is 3. The van der Waals surface area contributed by atoms with E-state index >= 15 is 0 Å². The molecule has 0 aromatic rings. The number of ether oxygens (including phenoxy) is 3. The third-order valence-electron chi connectivity index (χ3n) is 3.03. The van der Waals surface area contributed by atoms with Gasteiger partial charge in [-0.3, -0.25) is 9.59 Å². The minimum absolute atomic E-state index is 0.0917. The van der Waals surface area contributed by atoms with Crippen LogP contribution in [-0.4, -0.2) is 46.8 Å². The Kier molecular flexibility index (Phi) is 9.14. The zero-order valence-electron chi connectivity index (χ0n) is 18.6. The predicted octanol–water partition coefficient (Wildman–Crippen LogP) is 4.44. The number of hydrogen-bond donors (Lipinski definition) is 0. The smallest absolute Gasteiger partial charge is 0.426 e. The van der Waals surface area contributed by atoms with E-state index in [1.807, 2.05) is 0 Å². The normalized spacial score (nSPS) is 12.2. The molecule has 0 aliphatic rings. The molecule has 0 saturated heterocycles. The number of carbonyl (C=O) groups excluding carboxylic acids is 4. The minimum atomic E-state index is -1.08. The Morgan fingerprint density at radius 2 is 1.14 bits per heavy atom. The van der Waals surface area contributed by atoms with Gasteiger partial charge < -0.3 is 14.2 Å². The molecule has 162 valence electrons. The number of rotatable bonds is 5. The lowest BCUT2D eigenvalue weighted by molar-refractivity contribution is -0.153. The van der Waals surface area contributed by atoms with Crippen molar-refractivity contribution in [2.75, 3.05) is 6.61 Å². The summed E-state index contributed by atoms with van der Waals surface area (Å²) in [7, 11) is 0. The Morgan fingerprint density at radius 1 is 0.714 bits per heavy atom. The van der Waals surface area contributed by atoms with Crippen LogP contribution in [0.3, 0.4) is 0 Å². The molecule has 0 atom stereocenters. The maximum atomic E-state index is 12.5. The van der Waals surface area contributed by atoms with Gasteiger partial charge in [0, 0.05) is 6.42 Å². The van der Waals surface area contributed by atoms with Gasteiger partial charge in [-0.25, -0.2) is 9.59 Å². The topological polar surface area (TPSA) is 99.2 Å². The summed E-state index contributed by atoms with van der Waals surface area (Å²) < 4.78 is 15.4. The summed E-state index contributed by atoms with van der Waals surface area (Å²) in [6.45, 7) is 15.2. The van der Waals surface area contributed by atoms with Crippen LogP contribution in [0.25, 0.3) is 0 Å². The number of esters is 1. The van der Waals surface area contributed by atoms with Crippen molar-refractivity contribution >= 4 is 24.1 Å². The maximum absolute atomic E-state index is 12.5. The molecule has 8 nitrogen and oxygen atoms in total. The molecular formula is C20H35NO7. The Morgan fingerprint density at radius 3 is 1.50 bits per heavy atom. The molecule has 3 amide bonds. The molecule has 0 unspecified atom stereocenters. The largest absolute Gasteiger partial charge is 0.465 e. The van der Waals surface area contributed by atoms with Crippen LogP contribution < -0.4 is 0 Å². The first kappa shape index (κ1) is 25.9. The van der Waals surface area contributed by atoms with Gasteiger partial charge in [0.1, 0.15) is 11.2 Å². The van der Waals surface area contributed by atoms with Gasteiger partial charge in [-0.2, -0.15) is 0 Å². The summed E-state index contributed by atoms with van der Waals surface area (Å²) in [6, 6.07) is 0. The monoisotopic (exact) mass is 401 g/mol. The zero-order chi connectivity index (χ0) is 22.3. The number of carbonyl (C=O) groups is 4. The van der Waals surface area contributed by atoms with Crippen LogP contribution in [0.4, 0.5) is 9.59 Å². The molecule has 0 heterocycles. The van der Waals surface area contributed by atoms with Gasteiger partial charge in [0.2, 0.25) is 5.91 Å². The number of hydrogen-bond acceptors (Lipinski definition) is 7. The second kappa shape index (κ2) is 9.89. The van der Waals surface area contributed by atoms with E-state index in [0.717, 1.165) is 0 Å². The second-order valence-electron chi connectivity index (χ2n) is 9.53. The van der Waals surface area contributed by atoms with Crippen LogP contribution in [0.5, 0.6) is 0 Å². The lowest BCUT2D eigenvalue weighted by Gasteiger charge is -2.27. The van der Waals surface area contributed by atoms with Crippen molar-refractivity contribution in [1.29, 1.82) is 0 Å². The highest BCUT2D eigenvalue weighted by molar-refractivity contribution is 6.06. The summed E-state index contributed by atoms with van der Waals surface area (Å²) in [5, 5.41) is 0. The van der Waals surface area contributed by atoms with Crippen LogP contribution in [-0.2, 0) is 23.8 Å². The summed E-state index contributed by atoms with van der Waals surface area (Å²) >= 11 is 0. The molecule has 0 fully saturated rings. The van der Waals surface area contributed by atoms with Gasteiger partial charge >= 0.3 is 18.2 Å². The molecule has 0 aromatic carbocycles. The fraction of sp³-hybridized carbons (Fsp3) is 0.800. The summed E-state index contributed by atoms with van der Waals surface area (Å²) in [5.41, 5.74) is -2.35. The van der Waals surface area contributed by atoms with E-state index in [1.165, 1.54) is 0 Å². The van der Waals surface area contributed by atoms with E-state index < -0.39 is 34.7 Å². The minimum Gasteiger partial charge on any atom is -0.465 e. The van der Waals surface area contributed by atoms with Crippen molar-refractivity contribution in [2.24, 2.45) is 5.41 Å². The third-order valence-corrected chi connectivity index (χ3v) is 3.03. The van der Waals surface area contributed by atoms with E-state index in [0.29, 0.717) is 17.7 Å². The fourth-order valence-electron chi connectivity index (χ4n) is 1.76. The lowest BCUT2D eigenvalue weighted by Crippen LogP contribution is -2.46. The first-order chi connectivity index (χ1) is 12.4. The quantitative estimate of drug-likeness (QED) is 0.381. The molecule has 8 heteroatoms. The third kappa shape index (κ3) is 10.9. The van der Waals surface area contributed by atoms with Crippen molar-refractivity contribution in [3.63, 3.8) is 0 Å². The van der Waals surface area contributed by atoms with Crippen LogP contribution in [0, 0.1) is 5.41 Å². The van der Waals surface area contributed by atoms with Gasteiger partial charge in [-0.15, -0.1) is 4.90 Å². The zero-order valence-corrected chi connectivity index (χ0v) is 18.6. The van der Waals surface area contributed by atoms with Gasteiger partial charge in [0.15, 0.2) is 0 Å². The van der Waals surface area contributed by atoms with Gasteiger partial charge in [0.25, 0.3) is 0 Å². The number of unbranched alkanes of at least 4 members (excludes halogenated alkanes) is 1. The van der Waals surface area contributed by atoms with Crippen molar-refractivity contribution in [1.82, 2.24) is 4.90 Å². The Labute approximate surface area is 167 Å². The van der Waals surface area contributed by atoms with Crippen molar-refractivity contribution in [3.8, 4) is 0 Å². The highest BCUT2D eigenvalue weighted by Crippen LogP contribution is 2.17. The molecule has 0 rings (SSSR count). The Hall–Kier alpha value is -2.12. The van der Waals surface area contributed by atoms with Gasteiger partial charge in [-0.05, 0) is 75.2 Å². The average molecular weight is 402 g/mol. The van der Waals surface area contributed by atoms with Crippen molar-refractivity contribution < 1.29 is 33.4 Å². The molecule has 0 aliphatic heterocycles. The number of amides is 3. The van der Waals surface area contributed by atoms with Crippen molar-refractivity contribution in [2.45, 2.75) is 92.8 Å². The van der Waals surface area contributed by atoms with E-state index in [9.17, 15) is 19.2 Å². The molecular weight excluding hydrogens is 366 g/mol. The molecule has 0 aromatic heterocycles. The molecule has 0 aliphatic carbocycles. The van der Waals surface area contributed by atoms with Gasteiger partial charge in [0.05, 0.1) is 12.0 Å². The summed E-state index contributed by atoms with van der Waals surface area (Å²) in [4.78, 5) is 49.2. The van der Waals surface area contributed by atoms with Crippen LogP contribution in [0.1, 0.15) is 81.6 Å². The Bertz CT molecular complexity index is 549. The van der Waals surface area contributed by atoms with Crippen LogP contribution in [0.2, 0.25) is 0 Å². The van der Waals surface area contributed by atoms with E-state index in [4.69, 9.17) is 14.2 Å². The number of nitrogens with zero attached hydrogens (tertiary/aromatic N) is 1. The van der Waals surface area contributed by atoms with Crippen LogP contribution in [0.15, 0.2) is 0 Å². The first-order valence-corrected chi connectivity index (χ1v) is 9.40. The second-order valence-corrected chi connectivity index (χ2v) is 9.53. The molecule has 0 bridgehead atoms. The Balaban J connectivity index is 4.87. The first-order valence-electron chi connectivity index (χ1n) is 9.40. The fourth-order valence-corrected chi connectivity index (χ4v) is 1.76. The average Bonchev–Trinajstić information content (AvgIpc) is 2.41. The highest BCUT2D eigenvalue weighted by Gasteiger charge is 2.35. The lowest BCUT2D eigenvalue weighted by atomic mass is 9.97. The van der Waals surface area contributed by atoms with E-state index in [-0.39, 0.29) is 19.0 Å². The highest BCUT2D eigenvalue weighted by atomic mass is 16.6. The predicted molar refractivity (Wildman–Crippen MR) is 104 cm³/mol. The molecule has 0 N–H and O–H groups in total. The maximum Gasteiger partial charge on any atom is 0.426 e. The molecule has 0 radical (unpaired) electrons. The van der Waals surface area contributed by atoms with E-state index in [2.05, 4.69) is 0 Å².